The maximum absolute atomic E-state index is 12.9. The van der Waals surface area contributed by atoms with Crippen LogP contribution in [-0.4, -0.2) is 38.1 Å². The minimum atomic E-state index is -0.135. The summed E-state index contributed by atoms with van der Waals surface area (Å²) in [6, 6.07) is 8.33. The molecule has 1 aromatic carbocycles. The topological polar surface area (TPSA) is 58.4 Å². The number of aliphatic hydroxyl groups is 1. The van der Waals surface area contributed by atoms with Crippen molar-refractivity contribution in [3.8, 4) is 0 Å². The minimum Gasteiger partial charge on any atom is -0.394 e. The van der Waals surface area contributed by atoms with E-state index in [2.05, 4.69) is 29.2 Å². The van der Waals surface area contributed by atoms with Gasteiger partial charge in [0, 0.05) is 25.6 Å². The number of carbonyl (C=O) groups excluding carboxylic acids is 1. The van der Waals surface area contributed by atoms with Crippen molar-refractivity contribution in [3.63, 3.8) is 0 Å². The Labute approximate surface area is 141 Å². The van der Waals surface area contributed by atoms with Crippen molar-refractivity contribution in [3.05, 3.63) is 53.1 Å². The number of hydrogen-bond acceptors (Lipinski definition) is 3. The van der Waals surface area contributed by atoms with E-state index < -0.39 is 0 Å². The van der Waals surface area contributed by atoms with Crippen molar-refractivity contribution in [2.24, 2.45) is 13.0 Å². The molecule has 0 radical (unpaired) electrons. The molecule has 2 aromatic rings. The summed E-state index contributed by atoms with van der Waals surface area (Å²) in [5, 5.41) is 9.74. The molecule has 24 heavy (non-hydrogen) atoms. The zero-order valence-corrected chi connectivity index (χ0v) is 14.0. The fourth-order valence-electron chi connectivity index (χ4n) is 4.14. The van der Waals surface area contributed by atoms with Gasteiger partial charge in [0.25, 0.3) is 0 Å². The Morgan fingerprint density at radius 2 is 1.96 bits per heavy atom. The summed E-state index contributed by atoms with van der Waals surface area (Å²) in [4.78, 5) is 19.1. The average Bonchev–Trinajstić information content (AvgIpc) is 3.16. The first-order valence-corrected chi connectivity index (χ1v) is 8.62. The van der Waals surface area contributed by atoms with Gasteiger partial charge in [-0.1, -0.05) is 24.3 Å². The molecule has 126 valence electrons. The number of aliphatic hydroxyl groups excluding tert-OH is 1. The molecule has 0 spiro atoms. The standard InChI is InChI=1S/C19H23N3O2/c1-21-12-20-17-10-22(16(11-23)9-18(17)21)19(24)8-13-6-14-4-2-3-5-15(14)7-13/h2-5,12-13,16,23H,6-11H2,1H3/t16-/m0/s1. The second kappa shape index (κ2) is 6.06. The van der Waals surface area contributed by atoms with Crippen LogP contribution in [0.25, 0.3) is 0 Å². The van der Waals surface area contributed by atoms with Gasteiger partial charge >= 0.3 is 0 Å². The van der Waals surface area contributed by atoms with Crippen molar-refractivity contribution < 1.29 is 9.90 Å². The van der Waals surface area contributed by atoms with Crippen LogP contribution in [0.15, 0.2) is 30.6 Å². The Hall–Kier alpha value is -2.14. The van der Waals surface area contributed by atoms with E-state index in [1.807, 2.05) is 16.5 Å². The summed E-state index contributed by atoms with van der Waals surface area (Å²) < 4.78 is 1.99. The lowest BCUT2D eigenvalue weighted by molar-refractivity contribution is -0.136. The summed E-state index contributed by atoms with van der Waals surface area (Å²) >= 11 is 0. The van der Waals surface area contributed by atoms with Crippen LogP contribution < -0.4 is 0 Å². The van der Waals surface area contributed by atoms with Gasteiger partial charge in [-0.3, -0.25) is 4.79 Å². The Balaban J connectivity index is 1.46. The zero-order chi connectivity index (χ0) is 16.7. The Morgan fingerprint density at radius 1 is 1.25 bits per heavy atom. The Bertz CT molecular complexity index is 743. The molecular formula is C19H23N3O2. The van der Waals surface area contributed by atoms with E-state index in [9.17, 15) is 9.90 Å². The van der Waals surface area contributed by atoms with Gasteiger partial charge in [-0.15, -0.1) is 0 Å². The molecule has 1 aliphatic heterocycles. The quantitative estimate of drug-likeness (QED) is 0.930. The van der Waals surface area contributed by atoms with Crippen LogP contribution in [0.4, 0.5) is 0 Å². The fraction of sp³-hybridized carbons (Fsp3) is 0.474. The smallest absolute Gasteiger partial charge is 0.223 e. The van der Waals surface area contributed by atoms with Crippen LogP contribution in [0.2, 0.25) is 0 Å². The molecule has 0 unspecified atom stereocenters. The molecule has 1 aromatic heterocycles. The molecule has 0 saturated heterocycles. The highest BCUT2D eigenvalue weighted by Crippen LogP contribution is 2.30. The van der Waals surface area contributed by atoms with Gasteiger partial charge in [0.05, 0.1) is 31.2 Å². The van der Waals surface area contributed by atoms with E-state index in [4.69, 9.17) is 0 Å². The molecule has 1 atom stereocenters. The van der Waals surface area contributed by atoms with Crippen LogP contribution >= 0.6 is 0 Å². The molecule has 4 rings (SSSR count). The maximum atomic E-state index is 12.9. The lowest BCUT2D eigenvalue weighted by Crippen LogP contribution is -2.47. The normalized spacial score (nSPS) is 20.1. The fourth-order valence-corrected chi connectivity index (χ4v) is 4.14. The minimum absolute atomic E-state index is 0.00124. The molecule has 0 fully saturated rings. The molecule has 2 aliphatic rings. The molecule has 5 nitrogen and oxygen atoms in total. The number of carbonyl (C=O) groups is 1. The third-order valence-electron chi connectivity index (χ3n) is 5.47. The molecule has 0 saturated carbocycles. The SMILES string of the molecule is Cn1cnc2c1C[C@@H](CO)N(C(=O)CC1Cc3ccccc3C1)C2. The molecular weight excluding hydrogens is 302 g/mol. The van der Waals surface area contributed by atoms with Crippen LogP contribution in [0.1, 0.15) is 28.9 Å². The first-order valence-electron chi connectivity index (χ1n) is 8.62. The highest BCUT2D eigenvalue weighted by molar-refractivity contribution is 5.77. The molecule has 2 heterocycles. The van der Waals surface area contributed by atoms with Crippen LogP contribution in [0.5, 0.6) is 0 Å². The van der Waals surface area contributed by atoms with Crippen LogP contribution in [-0.2, 0) is 37.6 Å². The van der Waals surface area contributed by atoms with Crippen LogP contribution in [0.3, 0.4) is 0 Å². The van der Waals surface area contributed by atoms with E-state index in [-0.39, 0.29) is 18.6 Å². The number of amides is 1. The first-order chi connectivity index (χ1) is 11.7. The molecule has 0 bridgehead atoms. The zero-order valence-electron chi connectivity index (χ0n) is 14.0. The van der Waals surface area contributed by atoms with E-state index in [1.54, 1.807) is 6.33 Å². The van der Waals surface area contributed by atoms with E-state index in [0.717, 1.165) is 24.2 Å². The monoisotopic (exact) mass is 325 g/mol. The lowest BCUT2D eigenvalue weighted by atomic mass is 9.98. The summed E-state index contributed by atoms with van der Waals surface area (Å²) in [6.07, 6.45) is 4.98. The van der Waals surface area contributed by atoms with Crippen molar-refractivity contribution in [2.45, 2.75) is 38.3 Å². The summed E-state index contributed by atoms with van der Waals surface area (Å²) in [5.74, 6) is 0.516. The van der Waals surface area contributed by atoms with Gasteiger partial charge in [-0.25, -0.2) is 4.98 Å². The predicted molar refractivity (Wildman–Crippen MR) is 90.3 cm³/mol. The number of rotatable bonds is 3. The van der Waals surface area contributed by atoms with Gasteiger partial charge < -0.3 is 14.6 Å². The van der Waals surface area contributed by atoms with Gasteiger partial charge in [-0.2, -0.15) is 0 Å². The average molecular weight is 325 g/mol. The van der Waals surface area contributed by atoms with Crippen molar-refractivity contribution in [1.82, 2.24) is 14.5 Å². The van der Waals surface area contributed by atoms with Crippen molar-refractivity contribution in [1.29, 1.82) is 0 Å². The second-order valence-corrected chi connectivity index (χ2v) is 7.06. The third-order valence-corrected chi connectivity index (χ3v) is 5.47. The van der Waals surface area contributed by atoms with Crippen molar-refractivity contribution >= 4 is 5.91 Å². The number of aryl methyl sites for hydroxylation is 1. The van der Waals surface area contributed by atoms with Crippen LogP contribution in [0, 0.1) is 5.92 Å². The molecule has 5 heteroatoms. The molecule has 1 amide bonds. The molecule has 1 aliphatic carbocycles. The summed E-state index contributed by atoms with van der Waals surface area (Å²) in [5.41, 5.74) is 4.84. The van der Waals surface area contributed by atoms with E-state index >= 15 is 0 Å². The summed E-state index contributed by atoms with van der Waals surface area (Å²) in [7, 11) is 1.97. The Kier molecular flexibility index (Phi) is 3.88. The third kappa shape index (κ3) is 2.63. The lowest BCUT2D eigenvalue weighted by Gasteiger charge is -2.35. The largest absolute Gasteiger partial charge is 0.394 e. The Morgan fingerprint density at radius 3 is 2.62 bits per heavy atom. The van der Waals surface area contributed by atoms with Gasteiger partial charge in [-0.05, 0) is 29.9 Å². The summed E-state index contributed by atoms with van der Waals surface area (Å²) in [6.45, 7) is 0.515. The van der Waals surface area contributed by atoms with Gasteiger partial charge in [0.1, 0.15) is 0 Å². The second-order valence-electron chi connectivity index (χ2n) is 7.06. The predicted octanol–water partition coefficient (Wildman–Crippen LogP) is 1.47. The number of imidazole rings is 1. The number of hydrogen-bond donors (Lipinski definition) is 1. The van der Waals surface area contributed by atoms with Gasteiger partial charge in [0.2, 0.25) is 5.91 Å². The van der Waals surface area contributed by atoms with E-state index in [1.165, 1.54) is 11.1 Å². The van der Waals surface area contributed by atoms with Gasteiger partial charge in [0.15, 0.2) is 0 Å². The molecule has 1 N–H and O–H groups in total. The number of nitrogens with zero attached hydrogens (tertiary/aromatic N) is 3. The highest BCUT2D eigenvalue weighted by atomic mass is 16.3. The van der Waals surface area contributed by atoms with E-state index in [0.29, 0.717) is 25.3 Å². The number of aromatic nitrogens is 2. The first kappa shape index (κ1) is 15.4. The number of benzene rings is 1. The highest BCUT2D eigenvalue weighted by Gasteiger charge is 2.33. The number of fused-ring (bicyclic) bond motifs is 2. The maximum Gasteiger partial charge on any atom is 0.223 e. The van der Waals surface area contributed by atoms with Crippen molar-refractivity contribution in [2.75, 3.05) is 6.61 Å².